The molecule has 0 radical (unpaired) electrons. The Balaban J connectivity index is 2.18. The van der Waals surface area contributed by atoms with Crippen LogP contribution in [0.15, 0.2) is 30.3 Å². The zero-order valence-corrected chi connectivity index (χ0v) is 16.8. The van der Waals surface area contributed by atoms with Crippen molar-refractivity contribution in [3.05, 3.63) is 57.1 Å². The van der Waals surface area contributed by atoms with Crippen LogP contribution in [0.4, 0.5) is 16.2 Å². The molecular formula is C20H20Cl2N2O3. The Hall–Kier alpha value is -2.24. The van der Waals surface area contributed by atoms with E-state index in [-0.39, 0.29) is 23.5 Å². The van der Waals surface area contributed by atoms with E-state index >= 15 is 0 Å². The molecule has 0 saturated carbocycles. The molecule has 142 valence electrons. The van der Waals surface area contributed by atoms with Crippen LogP contribution in [0.2, 0.25) is 10.0 Å². The van der Waals surface area contributed by atoms with Crippen LogP contribution in [0.1, 0.15) is 34.8 Å². The minimum Gasteiger partial charge on any atom is -0.465 e. The smallest absolute Gasteiger partial charge is 0.412 e. The summed E-state index contributed by atoms with van der Waals surface area (Å²) in [7, 11) is 0. The van der Waals surface area contributed by atoms with Gasteiger partial charge in [0.1, 0.15) is 0 Å². The molecule has 7 heteroatoms. The van der Waals surface area contributed by atoms with Crippen LogP contribution in [-0.2, 0) is 0 Å². The zero-order chi connectivity index (χ0) is 19.9. The zero-order valence-electron chi connectivity index (χ0n) is 15.3. The highest BCUT2D eigenvalue weighted by Gasteiger charge is 2.37. The van der Waals surface area contributed by atoms with E-state index in [9.17, 15) is 14.7 Å². The van der Waals surface area contributed by atoms with Crippen LogP contribution in [0.3, 0.4) is 0 Å². The summed E-state index contributed by atoms with van der Waals surface area (Å²) in [5, 5.41) is 10.3. The number of carbonyl (C=O) groups is 2. The first-order chi connectivity index (χ1) is 12.8. The number of rotatable bonds is 2. The van der Waals surface area contributed by atoms with E-state index in [0.717, 1.165) is 11.1 Å². The second-order valence-electron chi connectivity index (χ2n) is 6.66. The average Bonchev–Trinajstić information content (AvgIpc) is 2.63. The van der Waals surface area contributed by atoms with E-state index in [0.29, 0.717) is 28.4 Å². The predicted octanol–water partition coefficient (Wildman–Crippen LogP) is 5.53. The largest absolute Gasteiger partial charge is 0.465 e. The first-order valence-corrected chi connectivity index (χ1v) is 9.41. The lowest BCUT2D eigenvalue weighted by Crippen LogP contribution is -2.52. The van der Waals surface area contributed by atoms with Gasteiger partial charge in [-0.1, -0.05) is 36.2 Å². The fraction of sp³-hybridized carbons (Fsp3) is 0.300. The van der Waals surface area contributed by atoms with Gasteiger partial charge in [-0.15, -0.1) is 0 Å². The number of hydrogen-bond acceptors (Lipinski definition) is 2. The first kappa shape index (κ1) is 19.5. The van der Waals surface area contributed by atoms with E-state index < -0.39 is 6.09 Å². The molecule has 1 unspecified atom stereocenters. The molecule has 5 nitrogen and oxygen atoms in total. The summed E-state index contributed by atoms with van der Waals surface area (Å²) < 4.78 is 0. The maximum absolute atomic E-state index is 13.3. The molecule has 0 saturated heterocycles. The van der Waals surface area contributed by atoms with Gasteiger partial charge in [-0.3, -0.25) is 9.69 Å². The van der Waals surface area contributed by atoms with Crippen molar-refractivity contribution in [2.45, 2.75) is 33.2 Å². The Labute approximate surface area is 168 Å². The molecule has 0 bridgehead atoms. The van der Waals surface area contributed by atoms with Crippen molar-refractivity contribution in [3.63, 3.8) is 0 Å². The fourth-order valence-electron chi connectivity index (χ4n) is 3.36. The van der Waals surface area contributed by atoms with Crippen LogP contribution >= 0.6 is 23.2 Å². The second kappa shape index (κ2) is 7.41. The highest BCUT2D eigenvalue weighted by molar-refractivity contribution is 6.44. The lowest BCUT2D eigenvalue weighted by atomic mass is 9.99. The number of halogens is 2. The van der Waals surface area contributed by atoms with E-state index in [2.05, 4.69) is 0 Å². The number of anilines is 2. The van der Waals surface area contributed by atoms with Crippen molar-refractivity contribution in [3.8, 4) is 0 Å². The monoisotopic (exact) mass is 406 g/mol. The summed E-state index contributed by atoms with van der Waals surface area (Å²) in [5.74, 6) is -0.296. The van der Waals surface area contributed by atoms with Crippen molar-refractivity contribution in [1.82, 2.24) is 0 Å². The molecule has 0 aliphatic carbocycles. The van der Waals surface area contributed by atoms with Gasteiger partial charge in [-0.05, 0) is 55.7 Å². The molecule has 1 N–H and O–H groups in total. The van der Waals surface area contributed by atoms with Gasteiger partial charge < -0.3 is 10.0 Å². The van der Waals surface area contributed by atoms with Gasteiger partial charge in [-0.2, -0.15) is 0 Å². The number of fused-ring (bicyclic) bond motifs is 1. The Morgan fingerprint density at radius 3 is 2.37 bits per heavy atom. The maximum Gasteiger partial charge on any atom is 0.412 e. The Morgan fingerprint density at radius 2 is 1.78 bits per heavy atom. The normalized spacial score (nSPS) is 16.3. The summed E-state index contributed by atoms with van der Waals surface area (Å²) in [4.78, 5) is 28.2. The molecule has 2 amide bonds. The minimum atomic E-state index is -1.03. The summed E-state index contributed by atoms with van der Waals surface area (Å²) >= 11 is 12.3. The van der Waals surface area contributed by atoms with Gasteiger partial charge in [0.25, 0.3) is 5.91 Å². The second-order valence-corrected chi connectivity index (χ2v) is 7.44. The van der Waals surface area contributed by atoms with Gasteiger partial charge in [0.2, 0.25) is 0 Å². The van der Waals surface area contributed by atoms with Crippen LogP contribution in [0.25, 0.3) is 0 Å². The number of nitrogens with zero attached hydrogens (tertiary/aromatic N) is 2. The fourth-order valence-corrected chi connectivity index (χ4v) is 3.74. The van der Waals surface area contributed by atoms with Crippen molar-refractivity contribution in [1.29, 1.82) is 0 Å². The van der Waals surface area contributed by atoms with E-state index in [1.165, 1.54) is 4.90 Å². The van der Waals surface area contributed by atoms with Crippen LogP contribution in [-0.4, -0.2) is 29.7 Å². The quantitative estimate of drug-likeness (QED) is 0.712. The molecule has 1 aliphatic heterocycles. The van der Waals surface area contributed by atoms with Crippen LogP contribution in [0, 0.1) is 13.8 Å². The number of amides is 2. The first-order valence-electron chi connectivity index (χ1n) is 8.65. The summed E-state index contributed by atoms with van der Waals surface area (Å²) in [6.45, 7) is 6.01. The van der Waals surface area contributed by atoms with Gasteiger partial charge >= 0.3 is 6.09 Å². The summed E-state index contributed by atoms with van der Waals surface area (Å²) in [5.41, 5.74) is 3.31. The summed E-state index contributed by atoms with van der Waals surface area (Å²) in [6, 6.07) is 8.25. The Morgan fingerprint density at radius 1 is 1.15 bits per heavy atom. The van der Waals surface area contributed by atoms with Crippen LogP contribution in [0.5, 0.6) is 0 Å². The van der Waals surface area contributed by atoms with Crippen molar-refractivity contribution in [2.24, 2.45) is 0 Å². The van der Waals surface area contributed by atoms with Gasteiger partial charge in [-0.25, -0.2) is 4.79 Å². The number of carboxylic acid groups (broad SMARTS) is 1. The lowest BCUT2D eigenvalue weighted by Gasteiger charge is -2.41. The highest BCUT2D eigenvalue weighted by atomic mass is 35.5. The number of aryl methyl sites for hydroxylation is 2. The van der Waals surface area contributed by atoms with Crippen molar-refractivity contribution >= 4 is 46.6 Å². The molecular weight excluding hydrogens is 387 g/mol. The molecule has 2 aromatic rings. The standard InChI is InChI=1S/C20H20Cl2N2O3/c1-4-13-10-23(19(25)14-6-5-7-15(21)18(14)22)16-8-11(2)12(3)9-17(16)24(13)20(26)27/h5-9,13H,4,10H2,1-3H3,(H,26,27). The highest BCUT2D eigenvalue weighted by Crippen LogP contribution is 2.40. The molecule has 1 aliphatic rings. The molecule has 0 aromatic heterocycles. The van der Waals surface area contributed by atoms with Crippen molar-refractivity contribution < 1.29 is 14.7 Å². The number of hydrogen-bond donors (Lipinski definition) is 1. The van der Waals surface area contributed by atoms with E-state index in [4.69, 9.17) is 23.2 Å². The van der Waals surface area contributed by atoms with E-state index in [1.54, 1.807) is 23.1 Å². The predicted molar refractivity (Wildman–Crippen MR) is 109 cm³/mol. The maximum atomic E-state index is 13.3. The molecule has 1 atom stereocenters. The van der Waals surface area contributed by atoms with Gasteiger partial charge in [0, 0.05) is 6.54 Å². The van der Waals surface area contributed by atoms with Gasteiger partial charge in [0.15, 0.2) is 0 Å². The molecule has 1 heterocycles. The third-order valence-electron chi connectivity index (χ3n) is 5.00. The third-order valence-corrected chi connectivity index (χ3v) is 5.82. The van der Waals surface area contributed by atoms with Crippen LogP contribution < -0.4 is 9.80 Å². The topological polar surface area (TPSA) is 60.9 Å². The number of carbonyl (C=O) groups excluding carboxylic acids is 1. The molecule has 2 aromatic carbocycles. The average molecular weight is 407 g/mol. The SMILES string of the molecule is CCC1CN(C(=O)c2cccc(Cl)c2Cl)c2cc(C)c(C)cc2N1C(=O)O. The number of benzene rings is 2. The molecule has 0 spiro atoms. The Bertz CT molecular complexity index is 930. The van der Waals surface area contributed by atoms with Gasteiger partial charge in [0.05, 0.1) is 33.0 Å². The van der Waals surface area contributed by atoms with Crippen molar-refractivity contribution in [2.75, 3.05) is 16.3 Å². The Kier molecular flexibility index (Phi) is 5.36. The molecule has 27 heavy (non-hydrogen) atoms. The third kappa shape index (κ3) is 3.37. The summed E-state index contributed by atoms with van der Waals surface area (Å²) in [6.07, 6.45) is -0.453. The molecule has 0 fully saturated rings. The van der Waals surface area contributed by atoms with E-state index in [1.807, 2.05) is 32.9 Å². The molecule has 3 rings (SSSR count). The lowest BCUT2D eigenvalue weighted by molar-refractivity contribution is 0.0982. The minimum absolute atomic E-state index is 0.197.